The van der Waals surface area contributed by atoms with Gasteiger partial charge in [-0.3, -0.25) is 4.79 Å². The van der Waals surface area contributed by atoms with Gasteiger partial charge in [-0.05, 0) is 53.3 Å². The smallest absolute Gasteiger partial charge is 0.251 e. The molecule has 0 unspecified atom stereocenters. The van der Waals surface area contributed by atoms with Gasteiger partial charge in [0.05, 0.1) is 11.6 Å². The number of aryl methyl sites for hydroxylation is 1. The zero-order valence-electron chi connectivity index (χ0n) is 12.6. The van der Waals surface area contributed by atoms with Gasteiger partial charge in [-0.2, -0.15) is 5.26 Å². The van der Waals surface area contributed by atoms with E-state index in [2.05, 4.69) is 30.4 Å². The van der Waals surface area contributed by atoms with Gasteiger partial charge in [0.25, 0.3) is 5.91 Å². The van der Waals surface area contributed by atoms with Crippen LogP contribution in [0.5, 0.6) is 0 Å². The fourth-order valence-electron chi connectivity index (χ4n) is 2.96. The molecular formula is C19H18N2O. The largest absolute Gasteiger partial charge is 0.348 e. The topological polar surface area (TPSA) is 52.9 Å². The van der Waals surface area contributed by atoms with E-state index in [1.54, 1.807) is 0 Å². The van der Waals surface area contributed by atoms with Gasteiger partial charge in [-0.25, -0.2) is 0 Å². The summed E-state index contributed by atoms with van der Waals surface area (Å²) in [5.41, 5.74) is 6.11. The number of rotatable bonds is 4. The summed E-state index contributed by atoms with van der Waals surface area (Å²) in [6, 6.07) is 14.2. The van der Waals surface area contributed by atoms with Crippen LogP contribution in [0.2, 0.25) is 0 Å². The van der Waals surface area contributed by atoms with E-state index in [4.69, 9.17) is 5.26 Å². The molecule has 0 fully saturated rings. The van der Waals surface area contributed by atoms with E-state index in [0.717, 1.165) is 36.0 Å². The summed E-state index contributed by atoms with van der Waals surface area (Å²) in [5, 5.41) is 12.0. The molecule has 0 radical (unpaired) electrons. The Labute approximate surface area is 130 Å². The second-order valence-corrected chi connectivity index (χ2v) is 5.70. The van der Waals surface area contributed by atoms with Crippen LogP contribution in [0.25, 0.3) is 0 Å². The van der Waals surface area contributed by atoms with Gasteiger partial charge in [-0.1, -0.05) is 31.5 Å². The van der Waals surface area contributed by atoms with E-state index >= 15 is 0 Å². The highest BCUT2D eigenvalue weighted by Gasteiger charge is 2.18. The summed E-state index contributed by atoms with van der Waals surface area (Å²) < 4.78 is 0. The second-order valence-electron chi connectivity index (χ2n) is 5.70. The third-order valence-electron chi connectivity index (χ3n) is 4.11. The molecule has 0 aliphatic carbocycles. The van der Waals surface area contributed by atoms with Crippen molar-refractivity contribution >= 4 is 5.91 Å². The first-order valence-electron chi connectivity index (χ1n) is 7.63. The second kappa shape index (κ2) is 6.03. The van der Waals surface area contributed by atoms with Crippen LogP contribution in [-0.2, 0) is 19.4 Å². The first kappa shape index (κ1) is 14.3. The average Bonchev–Trinajstić information content (AvgIpc) is 2.90. The zero-order chi connectivity index (χ0) is 15.5. The predicted octanol–water partition coefficient (Wildman–Crippen LogP) is 3.34. The van der Waals surface area contributed by atoms with E-state index in [0.29, 0.717) is 12.1 Å². The Balaban J connectivity index is 1.94. The van der Waals surface area contributed by atoms with Crippen LogP contribution in [0, 0.1) is 11.3 Å². The number of amides is 1. The molecule has 3 rings (SSSR count). The molecule has 1 amide bonds. The van der Waals surface area contributed by atoms with E-state index in [-0.39, 0.29) is 5.91 Å². The van der Waals surface area contributed by atoms with E-state index in [1.165, 1.54) is 11.1 Å². The van der Waals surface area contributed by atoms with Gasteiger partial charge in [0.1, 0.15) is 0 Å². The summed E-state index contributed by atoms with van der Waals surface area (Å²) >= 11 is 0. The van der Waals surface area contributed by atoms with Gasteiger partial charge in [0.2, 0.25) is 0 Å². The Bertz CT molecular complexity index is 771. The lowest BCUT2D eigenvalue weighted by Crippen LogP contribution is -2.12. The predicted molar refractivity (Wildman–Crippen MR) is 85.6 cm³/mol. The highest BCUT2D eigenvalue weighted by molar-refractivity contribution is 5.98. The van der Waals surface area contributed by atoms with Crippen molar-refractivity contribution in [3.8, 4) is 6.07 Å². The maximum atomic E-state index is 11.8. The van der Waals surface area contributed by atoms with Crippen LogP contribution in [0.15, 0.2) is 36.4 Å². The zero-order valence-corrected chi connectivity index (χ0v) is 12.6. The maximum absolute atomic E-state index is 11.8. The van der Waals surface area contributed by atoms with Gasteiger partial charge < -0.3 is 5.32 Å². The molecule has 22 heavy (non-hydrogen) atoms. The van der Waals surface area contributed by atoms with Gasteiger partial charge >= 0.3 is 0 Å². The van der Waals surface area contributed by atoms with E-state index in [9.17, 15) is 4.79 Å². The Kier molecular flexibility index (Phi) is 3.93. The Hall–Kier alpha value is -2.60. The molecule has 2 aromatic carbocycles. The van der Waals surface area contributed by atoms with Crippen molar-refractivity contribution in [3.63, 3.8) is 0 Å². The molecule has 1 N–H and O–H groups in total. The molecule has 0 bridgehead atoms. The van der Waals surface area contributed by atoms with Crippen molar-refractivity contribution in [2.75, 3.05) is 0 Å². The summed E-state index contributed by atoms with van der Waals surface area (Å²) in [4.78, 5) is 11.8. The molecule has 3 nitrogen and oxygen atoms in total. The summed E-state index contributed by atoms with van der Waals surface area (Å²) in [6.45, 7) is 2.78. The molecule has 0 saturated heterocycles. The summed E-state index contributed by atoms with van der Waals surface area (Å²) in [7, 11) is 0. The van der Waals surface area contributed by atoms with Crippen LogP contribution in [-0.4, -0.2) is 5.91 Å². The molecule has 1 aliphatic rings. The number of hydrogen-bond donors (Lipinski definition) is 1. The molecule has 1 aliphatic heterocycles. The van der Waals surface area contributed by atoms with E-state index < -0.39 is 0 Å². The van der Waals surface area contributed by atoms with Crippen molar-refractivity contribution in [2.45, 2.75) is 32.7 Å². The number of nitriles is 1. The molecule has 0 aromatic heterocycles. The standard InChI is InChI=1S/C19H18N2O/c1-2-3-15-6-5-14(11-20)9-17(15)8-13-4-7-16-12-21-19(22)18(16)10-13/h4-7,9-10H,2-3,8,12H2,1H3,(H,21,22). The highest BCUT2D eigenvalue weighted by Crippen LogP contribution is 2.22. The fourth-order valence-corrected chi connectivity index (χ4v) is 2.96. The van der Waals surface area contributed by atoms with Crippen LogP contribution < -0.4 is 5.32 Å². The first-order valence-corrected chi connectivity index (χ1v) is 7.63. The average molecular weight is 290 g/mol. The number of benzene rings is 2. The van der Waals surface area contributed by atoms with Crippen LogP contribution >= 0.6 is 0 Å². The maximum Gasteiger partial charge on any atom is 0.251 e. The number of nitrogens with one attached hydrogen (secondary N) is 1. The van der Waals surface area contributed by atoms with Crippen molar-refractivity contribution in [3.05, 3.63) is 69.8 Å². The van der Waals surface area contributed by atoms with Gasteiger partial charge in [-0.15, -0.1) is 0 Å². The lowest BCUT2D eigenvalue weighted by atomic mass is 9.94. The molecule has 2 aromatic rings. The van der Waals surface area contributed by atoms with Crippen LogP contribution in [0.3, 0.4) is 0 Å². The molecule has 0 spiro atoms. The summed E-state index contributed by atoms with van der Waals surface area (Å²) in [6.07, 6.45) is 2.84. The minimum Gasteiger partial charge on any atom is -0.348 e. The van der Waals surface area contributed by atoms with Crippen molar-refractivity contribution in [2.24, 2.45) is 0 Å². The number of carbonyl (C=O) groups excluding carboxylic acids is 1. The Morgan fingerprint density at radius 2 is 2.05 bits per heavy atom. The fraction of sp³-hybridized carbons (Fsp3) is 0.263. The van der Waals surface area contributed by atoms with Gasteiger partial charge in [0, 0.05) is 12.1 Å². The Morgan fingerprint density at radius 3 is 2.82 bits per heavy atom. The minimum absolute atomic E-state index is 0.0106. The summed E-state index contributed by atoms with van der Waals surface area (Å²) in [5.74, 6) is 0.0106. The molecule has 110 valence electrons. The molecule has 1 heterocycles. The molecule has 3 heteroatoms. The lowest BCUT2D eigenvalue weighted by Gasteiger charge is -2.10. The monoisotopic (exact) mass is 290 g/mol. The molecular weight excluding hydrogens is 272 g/mol. The normalized spacial score (nSPS) is 12.6. The number of fused-ring (bicyclic) bond motifs is 1. The number of hydrogen-bond acceptors (Lipinski definition) is 2. The minimum atomic E-state index is 0.0106. The SMILES string of the molecule is CCCc1ccc(C#N)cc1Cc1ccc2c(c1)C(=O)NC2. The van der Waals surface area contributed by atoms with Crippen molar-refractivity contribution < 1.29 is 4.79 Å². The van der Waals surface area contributed by atoms with Gasteiger partial charge in [0.15, 0.2) is 0 Å². The lowest BCUT2D eigenvalue weighted by molar-refractivity contribution is 0.0965. The first-order chi connectivity index (χ1) is 10.7. The van der Waals surface area contributed by atoms with Crippen LogP contribution in [0.1, 0.15) is 51.5 Å². The number of nitrogens with zero attached hydrogens (tertiary/aromatic N) is 1. The third kappa shape index (κ3) is 2.73. The quantitative estimate of drug-likeness (QED) is 0.939. The van der Waals surface area contributed by atoms with Crippen molar-refractivity contribution in [1.29, 1.82) is 5.26 Å². The Morgan fingerprint density at radius 1 is 1.18 bits per heavy atom. The third-order valence-corrected chi connectivity index (χ3v) is 4.11. The van der Waals surface area contributed by atoms with Crippen molar-refractivity contribution in [1.82, 2.24) is 5.32 Å². The van der Waals surface area contributed by atoms with Crippen LogP contribution in [0.4, 0.5) is 0 Å². The molecule has 0 atom stereocenters. The highest BCUT2D eigenvalue weighted by atomic mass is 16.1. The van der Waals surface area contributed by atoms with E-state index in [1.807, 2.05) is 24.3 Å². The number of carbonyl (C=O) groups is 1. The molecule has 0 saturated carbocycles.